The number of fused-ring (bicyclic) bond motifs is 1. The molecule has 1 amide bonds. The highest BCUT2D eigenvalue weighted by Gasteiger charge is 2.35. The van der Waals surface area contributed by atoms with Crippen LogP contribution in [-0.4, -0.2) is 46.5 Å². The molecule has 2 aliphatic rings. The van der Waals surface area contributed by atoms with E-state index in [0.717, 1.165) is 37.7 Å². The van der Waals surface area contributed by atoms with Crippen LogP contribution in [0, 0.1) is 0 Å². The Morgan fingerprint density at radius 2 is 2.15 bits per heavy atom. The Morgan fingerprint density at radius 3 is 2.90 bits per heavy atom. The number of hydrogen-bond donors (Lipinski definition) is 1. The van der Waals surface area contributed by atoms with Gasteiger partial charge >= 0.3 is 0 Å². The fourth-order valence-electron chi connectivity index (χ4n) is 2.96. The van der Waals surface area contributed by atoms with Crippen molar-refractivity contribution in [2.24, 2.45) is 0 Å². The lowest BCUT2D eigenvalue weighted by Gasteiger charge is -2.38. The Labute approximate surface area is 119 Å². The van der Waals surface area contributed by atoms with E-state index in [9.17, 15) is 4.79 Å². The van der Waals surface area contributed by atoms with Crippen LogP contribution in [0.15, 0.2) is 6.07 Å². The van der Waals surface area contributed by atoms with E-state index < -0.39 is 0 Å². The van der Waals surface area contributed by atoms with Gasteiger partial charge in [-0.15, -0.1) is 0 Å². The molecule has 20 heavy (non-hydrogen) atoms. The lowest BCUT2D eigenvalue weighted by atomic mass is 10.1. The number of carbonyl (C=O) groups excluding carboxylic acids is 1. The van der Waals surface area contributed by atoms with Crippen LogP contribution < -0.4 is 10.6 Å². The van der Waals surface area contributed by atoms with Gasteiger partial charge < -0.3 is 15.5 Å². The molecular formula is C14H21N5O. The highest BCUT2D eigenvalue weighted by atomic mass is 16.2. The molecule has 3 rings (SSSR count). The van der Waals surface area contributed by atoms with E-state index in [2.05, 4.69) is 28.7 Å². The van der Waals surface area contributed by atoms with Crippen LogP contribution in [0.4, 0.5) is 11.6 Å². The Balaban J connectivity index is 1.82. The number of anilines is 2. The standard InChI is InChI=1S/C14H21N5O/c1-9(2)14-16-11(15)7-12(17-14)18-5-6-19-10(8-18)3-4-13(19)20/h7,9-10H,3-6,8H2,1-2H3,(H2,15,16,17). The van der Waals surface area contributed by atoms with E-state index in [1.54, 1.807) is 0 Å². The van der Waals surface area contributed by atoms with Gasteiger partial charge in [-0.05, 0) is 6.42 Å². The number of hydrogen-bond acceptors (Lipinski definition) is 5. The fourth-order valence-corrected chi connectivity index (χ4v) is 2.96. The molecule has 2 N–H and O–H groups in total. The van der Waals surface area contributed by atoms with Crippen molar-refractivity contribution in [3.05, 3.63) is 11.9 Å². The van der Waals surface area contributed by atoms with Crippen molar-refractivity contribution in [1.29, 1.82) is 0 Å². The van der Waals surface area contributed by atoms with Crippen LogP contribution in [0.1, 0.15) is 38.4 Å². The zero-order valence-corrected chi connectivity index (χ0v) is 12.0. The van der Waals surface area contributed by atoms with Gasteiger partial charge in [-0.25, -0.2) is 9.97 Å². The molecule has 0 spiro atoms. The second-order valence-electron chi connectivity index (χ2n) is 5.89. The quantitative estimate of drug-likeness (QED) is 0.871. The minimum Gasteiger partial charge on any atom is -0.384 e. The monoisotopic (exact) mass is 275 g/mol. The van der Waals surface area contributed by atoms with E-state index in [1.807, 2.05) is 11.0 Å². The Hall–Kier alpha value is -1.85. The number of nitrogen functional groups attached to an aromatic ring is 1. The summed E-state index contributed by atoms with van der Waals surface area (Å²) < 4.78 is 0. The number of piperazine rings is 1. The van der Waals surface area contributed by atoms with Gasteiger partial charge in [0, 0.05) is 44.1 Å². The average molecular weight is 275 g/mol. The van der Waals surface area contributed by atoms with Crippen LogP contribution >= 0.6 is 0 Å². The predicted octanol–water partition coefficient (Wildman–Crippen LogP) is 0.993. The van der Waals surface area contributed by atoms with Gasteiger partial charge in [0.1, 0.15) is 17.5 Å². The van der Waals surface area contributed by atoms with Crippen LogP contribution in [0.5, 0.6) is 0 Å². The lowest BCUT2D eigenvalue weighted by molar-refractivity contribution is -0.129. The first-order valence-electron chi connectivity index (χ1n) is 7.23. The highest BCUT2D eigenvalue weighted by molar-refractivity contribution is 5.79. The third-order valence-electron chi connectivity index (χ3n) is 4.08. The van der Waals surface area contributed by atoms with Crippen molar-refractivity contribution in [3.63, 3.8) is 0 Å². The van der Waals surface area contributed by atoms with Gasteiger partial charge in [0.05, 0.1) is 0 Å². The summed E-state index contributed by atoms with van der Waals surface area (Å²) in [5, 5.41) is 0. The number of carbonyl (C=O) groups is 1. The maximum atomic E-state index is 11.7. The SMILES string of the molecule is CC(C)c1nc(N)cc(N2CCN3C(=O)CCC3C2)n1. The summed E-state index contributed by atoms with van der Waals surface area (Å²) in [5.41, 5.74) is 5.89. The molecule has 2 fully saturated rings. The van der Waals surface area contributed by atoms with Crippen molar-refractivity contribution in [3.8, 4) is 0 Å². The van der Waals surface area contributed by atoms with Crippen molar-refractivity contribution < 1.29 is 4.79 Å². The third-order valence-corrected chi connectivity index (χ3v) is 4.08. The Kier molecular flexibility index (Phi) is 3.23. The zero-order valence-electron chi connectivity index (χ0n) is 12.0. The lowest BCUT2D eigenvalue weighted by Crippen LogP contribution is -2.51. The van der Waals surface area contributed by atoms with E-state index in [1.165, 1.54) is 0 Å². The summed E-state index contributed by atoms with van der Waals surface area (Å²) in [5.74, 6) is 2.74. The van der Waals surface area contributed by atoms with Gasteiger partial charge in [-0.1, -0.05) is 13.8 Å². The van der Waals surface area contributed by atoms with Crippen molar-refractivity contribution in [1.82, 2.24) is 14.9 Å². The minimum atomic E-state index is 0.256. The topological polar surface area (TPSA) is 75.3 Å². The highest BCUT2D eigenvalue weighted by Crippen LogP contribution is 2.26. The van der Waals surface area contributed by atoms with Crippen LogP contribution in [0.2, 0.25) is 0 Å². The first-order chi connectivity index (χ1) is 9.54. The molecule has 3 heterocycles. The molecule has 1 atom stereocenters. The fraction of sp³-hybridized carbons (Fsp3) is 0.643. The van der Waals surface area contributed by atoms with E-state index in [4.69, 9.17) is 5.73 Å². The smallest absolute Gasteiger partial charge is 0.223 e. The third kappa shape index (κ3) is 2.30. The van der Waals surface area contributed by atoms with Crippen LogP contribution in [-0.2, 0) is 4.79 Å². The second-order valence-corrected chi connectivity index (χ2v) is 5.89. The predicted molar refractivity (Wildman–Crippen MR) is 77.5 cm³/mol. The van der Waals surface area contributed by atoms with Gasteiger partial charge in [-0.2, -0.15) is 0 Å². The molecule has 0 aromatic carbocycles. The van der Waals surface area contributed by atoms with Gasteiger partial charge in [0.15, 0.2) is 0 Å². The first-order valence-corrected chi connectivity index (χ1v) is 7.23. The summed E-state index contributed by atoms with van der Waals surface area (Å²) in [6, 6.07) is 2.16. The minimum absolute atomic E-state index is 0.256. The van der Waals surface area contributed by atoms with E-state index in [-0.39, 0.29) is 5.92 Å². The Bertz CT molecular complexity index is 530. The molecule has 1 aromatic rings. The Morgan fingerprint density at radius 1 is 1.35 bits per heavy atom. The maximum absolute atomic E-state index is 11.7. The molecule has 108 valence electrons. The summed E-state index contributed by atoms with van der Waals surface area (Å²) in [4.78, 5) is 24.8. The summed E-state index contributed by atoms with van der Waals surface area (Å²) >= 11 is 0. The molecule has 2 aliphatic heterocycles. The number of nitrogens with two attached hydrogens (primary N) is 1. The van der Waals surface area contributed by atoms with Crippen LogP contribution in [0.3, 0.4) is 0 Å². The van der Waals surface area contributed by atoms with Gasteiger partial charge in [0.2, 0.25) is 5.91 Å². The molecule has 0 saturated carbocycles. The molecule has 1 aromatic heterocycles. The van der Waals surface area contributed by atoms with Gasteiger partial charge in [-0.3, -0.25) is 4.79 Å². The molecule has 2 saturated heterocycles. The van der Waals surface area contributed by atoms with E-state index >= 15 is 0 Å². The number of aromatic nitrogens is 2. The van der Waals surface area contributed by atoms with Crippen LogP contribution in [0.25, 0.3) is 0 Å². The molecule has 0 radical (unpaired) electrons. The van der Waals surface area contributed by atoms with Gasteiger partial charge in [0.25, 0.3) is 0 Å². The zero-order chi connectivity index (χ0) is 14.3. The molecule has 0 bridgehead atoms. The summed E-state index contributed by atoms with van der Waals surface area (Å²) in [7, 11) is 0. The maximum Gasteiger partial charge on any atom is 0.223 e. The normalized spacial score (nSPS) is 22.6. The van der Waals surface area contributed by atoms with Crippen molar-refractivity contribution in [2.45, 2.75) is 38.6 Å². The number of amides is 1. The molecule has 6 heteroatoms. The number of nitrogens with zero attached hydrogens (tertiary/aromatic N) is 4. The first kappa shape index (κ1) is 13.1. The molecular weight excluding hydrogens is 254 g/mol. The largest absolute Gasteiger partial charge is 0.384 e. The number of rotatable bonds is 2. The summed E-state index contributed by atoms with van der Waals surface area (Å²) in [6.45, 7) is 6.57. The summed E-state index contributed by atoms with van der Waals surface area (Å²) in [6.07, 6.45) is 1.63. The average Bonchev–Trinajstić information content (AvgIpc) is 2.79. The second kappa shape index (κ2) is 4.92. The molecule has 0 aliphatic carbocycles. The van der Waals surface area contributed by atoms with Crippen molar-refractivity contribution >= 4 is 17.5 Å². The van der Waals surface area contributed by atoms with Crippen molar-refractivity contribution in [2.75, 3.05) is 30.3 Å². The molecule has 6 nitrogen and oxygen atoms in total. The van der Waals surface area contributed by atoms with E-state index in [0.29, 0.717) is 24.2 Å². The molecule has 1 unspecified atom stereocenters.